The number of aliphatic hydroxyl groups excluding tert-OH is 3. The average Bonchev–Trinajstić information content (AvgIpc) is 1.96. The lowest BCUT2D eigenvalue weighted by molar-refractivity contribution is -0.156. The van der Waals surface area contributed by atoms with E-state index in [2.05, 4.69) is 12.6 Å². The van der Waals surface area contributed by atoms with Gasteiger partial charge in [0.2, 0.25) is 0 Å². The van der Waals surface area contributed by atoms with Crippen molar-refractivity contribution in [3.63, 3.8) is 0 Å². The van der Waals surface area contributed by atoms with E-state index in [1.165, 1.54) is 0 Å². The predicted molar refractivity (Wildman–Crippen MR) is 41.4 cm³/mol. The summed E-state index contributed by atoms with van der Waals surface area (Å²) in [4.78, 5) is 0. The zero-order valence-electron chi connectivity index (χ0n) is 5.92. The molecule has 0 aliphatic carbocycles. The molecule has 1 aliphatic rings. The molecule has 0 saturated carbocycles. The van der Waals surface area contributed by atoms with Crippen LogP contribution in [0.15, 0.2) is 0 Å². The first-order chi connectivity index (χ1) is 5.15. The van der Waals surface area contributed by atoms with Crippen LogP contribution in [0.25, 0.3) is 0 Å². The largest absolute Gasteiger partial charge is 0.394 e. The third-order valence-electron chi connectivity index (χ3n) is 1.73. The highest BCUT2D eigenvalue weighted by molar-refractivity contribution is 7.80. The predicted octanol–water partition coefficient (Wildman–Crippen LogP) is -1.25. The third kappa shape index (κ3) is 2.07. The van der Waals surface area contributed by atoms with Crippen LogP contribution in [0.2, 0.25) is 0 Å². The van der Waals surface area contributed by atoms with Crippen molar-refractivity contribution in [3.05, 3.63) is 0 Å². The molecule has 0 aromatic rings. The Labute approximate surface area is 70.2 Å². The van der Waals surface area contributed by atoms with Crippen LogP contribution >= 0.6 is 12.6 Å². The van der Waals surface area contributed by atoms with E-state index in [0.717, 1.165) is 0 Å². The van der Waals surface area contributed by atoms with Crippen molar-refractivity contribution in [3.8, 4) is 0 Å². The SMILES string of the molecule is OC[C@H]1O[C@@H](S)C[C@@H](O)[C@@H]1O. The number of aliphatic hydroxyl groups is 3. The fourth-order valence-corrected chi connectivity index (χ4v) is 1.45. The summed E-state index contributed by atoms with van der Waals surface area (Å²) in [5, 5.41) is 27.0. The van der Waals surface area contributed by atoms with E-state index >= 15 is 0 Å². The van der Waals surface area contributed by atoms with Crippen LogP contribution < -0.4 is 0 Å². The van der Waals surface area contributed by atoms with Crippen LogP contribution in [-0.2, 0) is 4.74 Å². The quantitative estimate of drug-likeness (QED) is 0.380. The molecule has 1 rings (SSSR count). The Morgan fingerprint density at radius 1 is 1.45 bits per heavy atom. The van der Waals surface area contributed by atoms with Crippen molar-refractivity contribution in [1.29, 1.82) is 0 Å². The molecule has 0 spiro atoms. The Morgan fingerprint density at radius 2 is 2.09 bits per heavy atom. The Bertz CT molecular complexity index is 132. The first kappa shape index (κ1) is 9.28. The maximum Gasteiger partial charge on any atom is 0.110 e. The van der Waals surface area contributed by atoms with E-state index in [-0.39, 0.29) is 6.61 Å². The summed E-state index contributed by atoms with van der Waals surface area (Å²) in [5.41, 5.74) is -0.398. The molecule has 1 aliphatic heterocycles. The van der Waals surface area contributed by atoms with Crippen molar-refractivity contribution in [1.82, 2.24) is 0 Å². The normalized spacial score (nSPS) is 45.8. The van der Waals surface area contributed by atoms with Crippen LogP contribution in [0.1, 0.15) is 6.42 Å². The minimum Gasteiger partial charge on any atom is -0.394 e. The lowest BCUT2D eigenvalue weighted by Crippen LogP contribution is -2.48. The fraction of sp³-hybridized carbons (Fsp3) is 1.00. The highest BCUT2D eigenvalue weighted by Gasteiger charge is 2.34. The number of thiol groups is 1. The van der Waals surface area contributed by atoms with Gasteiger partial charge in [-0.2, -0.15) is 0 Å². The van der Waals surface area contributed by atoms with Gasteiger partial charge in [-0.3, -0.25) is 0 Å². The van der Waals surface area contributed by atoms with Crippen molar-refractivity contribution >= 4 is 12.6 Å². The first-order valence-corrected chi connectivity index (χ1v) is 3.97. The van der Waals surface area contributed by atoms with E-state index < -0.39 is 23.7 Å². The number of hydrogen-bond donors (Lipinski definition) is 4. The summed E-state index contributed by atoms with van der Waals surface area (Å²) in [6, 6.07) is 0. The molecule has 5 heteroatoms. The molecule has 3 N–H and O–H groups in total. The molecule has 1 heterocycles. The molecule has 0 unspecified atom stereocenters. The highest BCUT2D eigenvalue weighted by Crippen LogP contribution is 2.21. The monoisotopic (exact) mass is 180 g/mol. The molecule has 0 aromatic carbocycles. The topological polar surface area (TPSA) is 69.9 Å². The zero-order chi connectivity index (χ0) is 8.43. The van der Waals surface area contributed by atoms with E-state index in [9.17, 15) is 5.11 Å². The Hall–Kier alpha value is 0.190. The van der Waals surface area contributed by atoms with E-state index in [0.29, 0.717) is 6.42 Å². The van der Waals surface area contributed by atoms with Gasteiger partial charge in [0.1, 0.15) is 17.6 Å². The molecular weight excluding hydrogens is 168 g/mol. The fourth-order valence-electron chi connectivity index (χ4n) is 1.08. The van der Waals surface area contributed by atoms with Gasteiger partial charge in [0.25, 0.3) is 0 Å². The van der Waals surface area contributed by atoms with Gasteiger partial charge in [-0.1, -0.05) is 0 Å². The molecule has 11 heavy (non-hydrogen) atoms. The molecule has 0 bridgehead atoms. The summed E-state index contributed by atoms with van der Waals surface area (Å²) >= 11 is 3.97. The molecule has 0 aromatic heterocycles. The number of ether oxygens (including phenoxy) is 1. The van der Waals surface area contributed by atoms with Gasteiger partial charge in [-0.05, 0) is 0 Å². The van der Waals surface area contributed by atoms with Gasteiger partial charge in [0.05, 0.1) is 12.7 Å². The molecule has 4 nitrogen and oxygen atoms in total. The van der Waals surface area contributed by atoms with Crippen LogP contribution in [0, 0.1) is 0 Å². The minimum absolute atomic E-state index is 0.292. The molecular formula is C6H12O4S. The number of rotatable bonds is 1. The van der Waals surface area contributed by atoms with Crippen molar-refractivity contribution in [2.75, 3.05) is 6.61 Å². The summed E-state index contributed by atoms with van der Waals surface area (Å²) in [6.45, 7) is -0.296. The van der Waals surface area contributed by atoms with Gasteiger partial charge in [0.15, 0.2) is 0 Å². The summed E-state index contributed by atoms with van der Waals surface area (Å²) < 4.78 is 5.02. The van der Waals surface area contributed by atoms with Crippen molar-refractivity contribution in [2.24, 2.45) is 0 Å². The van der Waals surface area contributed by atoms with Gasteiger partial charge in [0, 0.05) is 6.42 Å². The maximum absolute atomic E-state index is 9.19. The van der Waals surface area contributed by atoms with E-state index in [4.69, 9.17) is 14.9 Å². The molecule has 66 valence electrons. The van der Waals surface area contributed by atoms with Crippen molar-refractivity contribution in [2.45, 2.75) is 30.2 Å². The lowest BCUT2D eigenvalue weighted by Gasteiger charge is -2.34. The van der Waals surface area contributed by atoms with Gasteiger partial charge in [-0.25, -0.2) is 0 Å². The van der Waals surface area contributed by atoms with Gasteiger partial charge in [-0.15, -0.1) is 12.6 Å². The molecule has 0 radical (unpaired) electrons. The first-order valence-electron chi connectivity index (χ1n) is 3.45. The smallest absolute Gasteiger partial charge is 0.110 e. The zero-order valence-corrected chi connectivity index (χ0v) is 6.82. The highest BCUT2D eigenvalue weighted by atomic mass is 32.1. The molecule has 1 saturated heterocycles. The van der Waals surface area contributed by atoms with Crippen LogP contribution in [0.4, 0.5) is 0 Å². The standard InChI is InChI=1S/C6H12O4S/c7-2-4-6(9)3(8)1-5(11)10-4/h3-9,11H,1-2H2/t3-,4-,5+,6+/m1/s1. The second kappa shape index (κ2) is 3.73. The second-order valence-corrected chi connectivity index (χ2v) is 3.18. The summed E-state index contributed by atoms with van der Waals surface area (Å²) in [7, 11) is 0. The Morgan fingerprint density at radius 3 is 2.64 bits per heavy atom. The van der Waals surface area contributed by atoms with Gasteiger partial charge >= 0.3 is 0 Å². The maximum atomic E-state index is 9.19. The Kier molecular flexibility index (Phi) is 3.15. The minimum atomic E-state index is -0.997. The summed E-state index contributed by atoms with van der Waals surface area (Å²) in [6.07, 6.45) is -2.26. The Balaban J connectivity index is 2.51. The summed E-state index contributed by atoms with van der Waals surface area (Å²) in [5.74, 6) is 0. The second-order valence-electron chi connectivity index (χ2n) is 2.61. The molecule has 4 atom stereocenters. The third-order valence-corrected chi connectivity index (χ3v) is 2.06. The molecule has 0 amide bonds. The van der Waals surface area contributed by atoms with E-state index in [1.54, 1.807) is 0 Å². The van der Waals surface area contributed by atoms with Crippen LogP contribution in [0.3, 0.4) is 0 Å². The average molecular weight is 180 g/mol. The van der Waals surface area contributed by atoms with Gasteiger partial charge < -0.3 is 20.1 Å². The molecule has 1 fully saturated rings. The van der Waals surface area contributed by atoms with Crippen LogP contribution in [0.5, 0.6) is 0 Å². The number of hydrogen-bond acceptors (Lipinski definition) is 5. The lowest BCUT2D eigenvalue weighted by atomic mass is 10.0. The van der Waals surface area contributed by atoms with Crippen LogP contribution in [-0.4, -0.2) is 45.7 Å². The van der Waals surface area contributed by atoms with E-state index in [1.807, 2.05) is 0 Å². The van der Waals surface area contributed by atoms with Crippen molar-refractivity contribution < 1.29 is 20.1 Å².